The Labute approximate surface area is 140 Å². The maximum atomic E-state index is 9.84. The van der Waals surface area contributed by atoms with Crippen LogP contribution in [0.3, 0.4) is 0 Å². The number of aliphatic hydroxyl groups is 1. The Kier molecular flexibility index (Phi) is 5.13. The quantitative estimate of drug-likeness (QED) is 0.715. The minimum absolute atomic E-state index is 0.0737. The van der Waals surface area contributed by atoms with E-state index in [1.54, 1.807) is 0 Å². The van der Waals surface area contributed by atoms with Crippen LogP contribution in [0, 0.1) is 0 Å². The van der Waals surface area contributed by atoms with Crippen molar-refractivity contribution in [2.24, 2.45) is 0 Å². The van der Waals surface area contributed by atoms with Gasteiger partial charge in [0.2, 0.25) is 0 Å². The number of benzene rings is 2. The van der Waals surface area contributed by atoms with Gasteiger partial charge in [-0.25, -0.2) is 0 Å². The first-order chi connectivity index (χ1) is 9.46. The van der Waals surface area contributed by atoms with E-state index in [2.05, 4.69) is 37.2 Å². The van der Waals surface area contributed by atoms with Gasteiger partial charge >= 0.3 is 0 Å². The Morgan fingerprint density at radius 3 is 2.50 bits per heavy atom. The van der Waals surface area contributed by atoms with Crippen LogP contribution >= 0.6 is 43.5 Å². The molecule has 0 heterocycles. The van der Waals surface area contributed by atoms with Gasteiger partial charge in [-0.2, -0.15) is 0 Å². The molecule has 0 aromatic heterocycles. The summed E-state index contributed by atoms with van der Waals surface area (Å²) in [6.45, 7) is 1.84. The summed E-state index contributed by atoms with van der Waals surface area (Å²) < 4.78 is 1.85. The standard InChI is InChI=1S/C15H14Br2ClNO/c1-15(9-20,11-7-6-10(16)8-13(11)18)19-14-5-3-2-4-12(14)17/h2-8,19-20H,9H2,1H3. The Hall–Kier alpha value is -0.550. The first-order valence-corrected chi connectivity index (χ1v) is 8.02. The lowest BCUT2D eigenvalue weighted by atomic mass is 9.92. The number of rotatable bonds is 4. The topological polar surface area (TPSA) is 32.3 Å². The Bertz CT molecular complexity index is 621. The van der Waals surface area contributed by atoms with Gasteiger partial charge in [-0.1, -0.05) is 45.7 Å². The fourth-order valence-electron chi connectivity index (χ4n) is 1.99. The third kappa shape index (κ3) is 3.37. The van der Waals surface area contributed by atoms with Crippen molar-refractivity contribution in [3.05, 3.63) is 62.0 Å². The summed E-state index contributed by atoms with van der Waals surface area (Å²) in [5.41, 5.74) is 1.09. The first-order valence-electron chi connectivity index (χ1n) is 6.05. The minimum atomic E-state index is -0.665. The van der Waals surface area contributed by atoms with Crippen molar-refractivity contribution in [2.45, 2.75) is 12.5 Å². The second-order valence-electron chi connectivity index (χ2n) is 4.72. The lowest BCUT2D eigenvalue weighted by Crippen LogP contribution is -2.36. The third-order valence-corrected chi connectivity index (χ3v) is 4.62. The molecule has 106 valence electrons. The molecule has 0 aliphatic carbocycles. The van der Waals surface area contributed by atoms with Crippen molar-refractivity contribution in [1.82, 2.24) is 0 Å². The predicted octanol–water partition coefficient (Wildman–Crippen LogP) is 5.18. The molecule has 2 nitrogen and oxygen atoms in total. The number of hydrogen-bond donors (Lipinski definition) is 2. The molecule has 0 amide bonds. The van der Waals surface area contributed by atoms with Crippen LogP contribution < -0.4 is 5.32 Å². The van der Waals surface area contributed by atoms with Crippen LogP contribution in [0.25, 0.3) is 0 Å². The van der Waals surface area contributed by atoms with Crippen molar-refractivity contribution in [1.29, 1.82) is 0 Å². The molecule has 0 spiro atoms. The molecule has 1 atom stereocenters. The maximum absolute atomic E-state index is 9.84. The second-order valence-corrected chi connectivity index (χ2v) is 6.90. The van der Waals surface area contributed by atoms with Gasteiger partial charge in [0.25, 0.3) is 0 Å². The molecule has 2 rings (SSSR count). The fourth-order valence-corrected chi connectivity index (χ4v) is 3.25. The van der Waals surface area contributed by atoms with E-state index in [4.69, 9.17) is 11.6 Å². The van der Waals surface area contributed by atoms with Gasteiger partial charge in [0, 0.05) is 19.7 Å². The van der Waals surface area contributed by atoms with Crippen molar-refractivity contribution < 1.29 is 5.11 Å². The number of hydrogen-bond acceptors (Lipinski definition) is 2. The fraction of sp³-hybridized carbons (Fsp3) is 0.200. The predicted molar refractivity (Wildman–Crippen MR) is 91.4 cm³/mol. The number of aliphatic hydroxyl groups excluding tert-OH is 1. The van der Waals surface area contributed by atoms with E-state index in [1.807, 2.05) is 49.4 Å². The summed E-state index contributed by atoms with van der Waals surface area (Å²) >= 11 is 13.2. The van der Waals surface area contributed by atoms with Crippen molar-refractivity contribution in [2.75, 3.05) is 11.9 Å². The van der Waals surface area contributed by atoms with Crippen LogP contribution in [-0.4, -0.2) is 11.7 Å². The smallest absolute Gasteiger partial charge is 0.0843 e. The number of nitrogens with one attached hydrogen (secondary N) is 1. The largest absolute Gasteiger partial charge is 0.394 e. The average molecular weight is 420 g/mol. The molecule has 0 fully saturated rings. The number of anilines is 1. The van der Waals surface area contributed by atoms with E-state index < -0.39 is 5.54 Å². The minimum Gasteiger partial charge on any atom is -0.394 e. The van der Waals surface area contributed by atoms with Gasteiger partial charge in [-0.15, -0.1) is 0 Å². The van der Waals surface area contributed by atoms with Crippen molar-refractivity contribution in [3.63, 3.8) is 0 Å². The highest BCUT2D eigenvalue weighted by molar-refractivity contribution is 9.10. The van der Waals surface area contributed by atoms with Gasteiger partial charge in [0.05, 0.1) is 12.1 Å². The summed E-state index contributed by atoms with van der Waals surface area (Å²) in [5, 5.41) is 13.8. The molecule has 5 heteroatoms. The van der Waals surface area contributed by atoms with Gasteiger partial charge < -0.3 is 10.4 Å². The van der Waals surface area contributed by atoms with E-state index >= 15 is 0 Å². The molecule has 0 aliphatic heterocycles. The number of para-hydroxylation sites is 1. The Balaban J connectivity index is 2.41. The second kappa shape index (κ2) is 6.48. The molecule has 0 radical (unpaired) electrons. The molecule has 0 aliphatic rings. The summed E-state index contributed by atoms with van der Waals surface area (Å²) in [7, 11) is 0. The highest BCUT2D eigenvalue weighted by Gasteiger charge is 2.28. The SMILES string of the molecule is CC(CO)(Nc1ccccc1Br)c1ccc(Br)cc1Cl. The van der Waals surface area contributed by atoms with E-state index in [0.29, 0.717) is 5.02 Å². The Morgan fingerprint density at radius 1 is 1.20 bits per heavy atom. The molecule has 2 N–H and O–H groups in total. The third-order valence-electron chi connectivity index (χ3n) is 3.13. The number of halogens is 3. The van der Waals surface area contributed by atoms with E-state index in [1.165, 1.54) is 0 Å². The highest BCUT2D eigenvalue weighted by atomic mass is 79.9. The summed E-state index contributed by atoms with van der Waals surface area (Å²) in [6.07, 6.45) is 0. The van der Waals surface area contributed by atoms with Crippen LogP contribution in [0.4, 0.5) is 5.69 Å². The molecule has 0 saturated carbocycles. The normalized spacial score (nSPS) is 13.8. The lowest BCUT2D eigenvalue weighted by Gasteiger charge is -2.32. The van der Waals surface area contributed by atoms with Crippen molar-refractivity contribution >= 4 is 49.1 Å². The first kappa shape index (κ1) is 15.8. The summed E-state index contributed by atoms with van der Waals surface area (Å²) in [4.78, 5) is 0. The zero-order valence-electron chi connectivity index (χ0n) is 10.8. The van der Waals surface area contributed by atoms with Gasteiger partial charge in [0.1, 0.15) is 0 Å². The van der Waals surface area contributed by atoms with E-state index in [9.17, 15) is 5.11 Å². The van der Waals surface area contributed by atoms with Gasteiger partial charge in [-0.05, 0) is 52.7 Å². The monoisotopic (exact) mass is 417 g/mol. The van der Waals surface area contributed by atoms with Crippen LogP contribution in [0.5, 0.6) is 0 Å². The molecule has 0 bridgehead atoms. The lowest BCUT2D eigenvalue weighted by molar-refractivity contribution is 0.224. The van der Waals surface area contributed by atoms with Crippen molar-refractivity contribution in [3.8, 4) is 0 Å². The molecule has 2 aromatic carbocycles. The summed E-state index contributed by atoms with van der Waals surface area (Å²) in [6, 6.07) is 13.4. The molecule has 1 unspecified atom stereocenters. The molecular formula is C15H14Br2ClNO. The van der Waals surface area contributed by atoms with E-state index in [-0.39, 0.29) is 6.61 Å². The maximum Gasteiger partial charge on any atom is 0.0843 e. The van der Waals surface area contributed by atoms with Gasteiger partial charge in [0.15, 0.2) is 0 Å². The molecule has 0 saturated heterocycles. The zero-order chi connectivity index (χ0) is 14.8. The molecule has 20 heavy (non-hydrogen) atoms. The summed E-state index contributed by atoms with van der Waals surface area (Å²) in [5.74, 6) is 0. The van der Waals surface area contributed by atoms with Crippen LogP contribution in [0.15, 0.2) is 51.4 Å². The van der Waals surface area contributed by atoms with Crippen LogP contribution in [-0.2, 0) is 5.54 Å². The van der Waals surface area contributed by atoms with E-state index in [0.717, 1.165) is 20.2 Å². The van der Waals surface area contributed by atoms with Crippen LogP contribution in [0.1, 0.15) is 12.5 Å². The molecule has 2 aromatic rings. The Morgan fingerprint density at radius 2 is 1.90 bits per heavy atom. The van der Waals surface area contributed by atoms with Crippen LogP contribution in [0.2, 0.25) is 5.02 Å². The van der Waals surface area contributed by atoms with Gasteiger partial charge in [-0.3, -0.25) is 0 Å². The zero-order valence-corrected chi connectivity index (χ0v) is 14.8. The average Bonchev–Trinajstić information content (AvgIpc) is 2.41. The molecular weight excluding hydrogens is 405 g/mol. The highest BCUT2D eigenvalue weighted by Crippen LogP contribution is 2.34.